The molecule has 2 heteroatoms. The van der Waals surface area contributed by atoms with E-state index in [4.69, 9.17) is 0 Å². The van der Waals surface area contributed by atoms with Crippen molar-refractivity contribution in [3.05, 3.63) is 0 Å². The Morgan fingerprint density at radius 2 is 2.08 bits per heavy atom. The molecule has 72 valence electrons. The second kappa shape index (κ2) is 4.24. The van der Waals surface area contributed by atoms with Crippen LogP contribution in [0.4, 0.5) is 0 Å². The van der Waals surface area contributed by atoms with Crippen LogP contribution >= 0.6 is 0 Å². The van der Waals surface area contributed by atoms with E-state index in [-0.39, 0.29) is 0 Å². The van der Waals surface area contributed by atoms with E-state index in [0.29, 0.717) is 6.04 Å². The molecule has 1 unspecified atom stereocenters. The first-order valence-corrected chi connectivity index (χ1v) is 5.01. The van der Waals surface area contributed by atoms with Crippen LogP contribution in [0.1, 0.15) is 26.7 Å². The number of piperidine rings is 1. The van der Waals surface area contributed by atoms with Crippen LogP contribution in [0.25, 0.3) is 0 Å². The molecule has 0 radical (unpaired) electrons. The standard InChI is InChI=1S/C10H22N2/c1-9(2)12(4)10-6-5-7-11(3)8-10/h9-10H,5-8H2,1-4H3. The van der Waals surface area contributed by atoms with Gasteiger partial charge in [0.25, 0.3) is 0 Å². The minimum absolute atomic E-state index is 0.682. The van der Waals surface area contributed by atoms with E-state index >= 15 is 0 Å². The number of likely N-dealkylation sites (N-methyl/N-ethyl adjacent to an activating group) is 2. The van der Waals surface area contributed by atoms with Gasteiger partial charge in [0.15, 0.2) is 0 Å². The zero-order valence-electron chi connectivity index (χ0n) is 8.88. The van der Waals surface area contributed by atoms with Gasteiger partial charge in [0, 0.05) is 18.6 Å². The molecular formula is C10H22N2. The summed E-state index contributed by atoms with van der Waals surface area (Å²) in [5.41, 5.74) is 0. The van der Waals surface area contributed by atoms with Gasteiger partial charge >= 0.3 is 0 Å². The average molecular weight is 170 g/mol. The molecule has 0 aromatic rings. The summed E-state index contributed by atoms with van der Waals surface area (Å²) in [5.74, 6) is 0. The molecule has 0 spiro atoms. The lowest BCUT2D eigenvalue weighted by molar-refractivity contribution is 0.111. The van der Waals surface area contributed by atoms with Crippen LogP contribution in [-0.2, 0) is 0 Å². The summed E-state index contributed by atoms with van der Waals surface area (Å²) in [5, 5.41) is 0. The maximum absolute atomic E-state index is 2.50. The highest BCUT2D eigenvalue weighted by Crippen LogP contribution is 2.14. The van der Waals surface area contributed by atoms with Crippen molar-refractivity contribution >= 4 is 0 Å². The lowest BCUT2D eigenvalue weighted by Gasteiger charge is -2.37. The van der Waals surface area contributed by atoms with E-state index in [9.17, 15) is 0 Å². The summed E-state index contributed by atoms with van der Waals surface area (Å²) < 4.78 is 0. The van der Waals surface area contributed by atoms with Crippen LogP contribution in [0.3, 0.4) is 0 Å². The van der Waals surface area contributed by atoms with Gasteiger partial charge in [-0.15, -0.1) is 0 Å². The Balaban J connectivity index is 2.40. The predicted octanol–water partition coefficient (Wildman–Crippen LogP) is 1.42. The summed E-state index contributed by atoms with van der Waals surface area (Å²) in [6, 6.07) is 1.46. The zero-order chi connectivity index (χ0) is 9.14. The van der Waals surface area contributed by atoms with E-state index < -0.39 is 0 Å². The zero-order valence-corrected chi connectivity index (χ0v) is 8.88. The Hall–Kier alpha value is -0.0800. The van der Waals surface area contributed by atoms with Gasteiger partial charge in [-0.05, 0) is 47.3 Å². The van der Waals surface area contributed by atoms with E-state index in [1.807, 2.05) is 0 Å². The highest BCUT2D eigenvalue weighted by molar-refractivity contribution is 4.78. The SMILES string of the molecule is CC(C)N(C)C1CCCN(C)C1. The first-order valence-electron chi connectivity index (χ1n) is 5.01. The summed E-state index contributed by atoms with van der Waals surface area (Å²) in [7, 11) is 4.47. The number of hydrogen-bond acceptors (Lipinski definition) is 2. The Morgan fingerprint density at radius 1 is 1.42 bits per heavy atom. The van der Waals surface area contributed by atoms with Crippen molar-refractivity contribution in [3.63, 3.8) is 0 Å². The lowest BCUT2D eigenvalue weighted by Crippen LogP contribution is -2.47. The van der Waals surface area contributed by atoms with Crippen LogP contribution in [0.5, 0.6) is 0 Å². The normalized spacial score (nSPS) is 27.0. The lowest BCUT2D eigenvalue weighted by atomic mass is 10.0. The fourth-order valence-electron chi connectivity index (χ4n) is 1.89. The molecule has 1 heterocycles. The van der Waals surface area contributed by atoms with Gasteiger partial charge in [-0.25, -0.2) is 0 Å². The molecule has 1 saturated heterocycles. The summed E-state index contributed by atoms with van der Waals surface area (Å²) >= 11 is 0. The van der Waals surface area contributed by atoms with Crippen molar-refractivity contribution in [2.45, 2.75) is 38.8 Å². The Labute approximate surface area is 76.5 Å². The van der Waals surface area contributed by atoms with Crippen LogP contribution in [0, 0.1) is 0 Å². The third-order valence-corrected chi connectivity index (χ3v) is 2.99. The van der Waals surface area contributed by atoms with Crippen molar-refractivity contribution < 1.29 is 0 Å². The van der Waals surface area contributed by atoms with Gasteiger partial charge in [0.2, 0.25) is 0 Å². The molecule has 1 fully saturated rings. The van der Waals surface area contributed by atoms with Gasteiger partial charge in [-0.2, -0.15) is 0 Å². The first kappa shape index (κ1) is 10.0. The maximum atomic E-state index is 2.50. The third-order valence-electron chi connectivity index (χ3n) is 2.99. The fourth-order valence-corrected chi connectivity index (χ4v) is 1.89. The second-order valence-electron chi connectivity index (χ2n) is 4.32. The van der Waals surface area contributed by atoms with Crippen molar-refractivity contribution in [2.24, 2.45) is 0 Å². The van der Waals surface area contributed by atoms with Crippen molar-refractivity contribution in [3.8, 4) is 0 Å². The molecule has 0 N–H and O–H groups in total. The van der Waals surface area contributed by atoms with Crippen molar-refractivity contribution in [1.82, 2.24) is 9.80 Å². The number of hydrogen-bond donors (Lipinski definition) is 0. The highest BCUT2D eigenvalue weighted by Gasteiger charge is 2.21. The Bertz CT molecular complexity index is 134. The quantitative estimate of drug-likeness (QED) is 0.618. The van der Waals surface area contributed by atoms with E-state index in [2.05, 4.69) is 37.7 Å². The molecule has 1 rings (SSSR count). The average Bonchev–Trinajstić information content (AvgIpc) is 2.03. The molecule has 0 aromatic carbocycles. The van der Waals surface area contributed by atoms with Crippen LogP contribution in [-0.4, -0.2) is 49.1 Å². The van der Waals surface area contributed by atoms with Crippen LogP contribution in [0.2, 0.25) is 0 Å². The molecule has 0 aliphatic carbocycles. The van der Waals surface area contributed by atoms with Gasteiger partial charge in [0.1, 0.15) is 0 Å². The summed E-state index contributed by atoms with van der Waals surface area (Å²) in [4.78, 5) is 4.93. The van der Waals surface area contributed by atoms with Gasteiger partial charge < -0.3 is 4.90 Å². The summed E-state index contributed by atoms with van der Waals surface area (Å²) in [6.45, 7) is 7.07. The van der Waals surface area contributed by atoms with E-state index in [1.165, 1.54) is 25.9 Å². The Kier molecular flexibility index (Phi) is 3.53. The molecule has 1 aliphatic heterocycles. The fraction of sp³-hybridized carbons (Fsp3) is 1.00. The second-order valence-corrected chi connectivity index (χ2v) is 4.32. The van der Waals surface area contributed by atoms with Crippen LogP contribution in [0.15, 0.2) is 0 Å². The molecule has 2 nitrogen and oxygen atoms in total. The van der Waals surface area contributed by atoms with E-state index in [1.54, 1.807) is 0 Å². The van der Waals surface area contributed by atoms with Gasteiger partial charge in [0.05, 0.1) is 0 Å². The molecule has 0 aromatic heterocycles. The van der Waals surface area contributed by atoms with Crippen molar-refractivity contribution in [1.29, 1.82) is 0 Å². The molecule has 0 amide bonds. The molecule has 0 saturated carbocycles. The van der Waals surface area contributed by atoms with Crippen molar-refractivity contribution in [2.75, 3.05) is 27.2 Å². The Morgan fingerprint density at radius 3 is 2.58 bits per heavy atom. The number of rotatable bonds is 2. The van der Waals surface area contributed by atoms with Gasteiger partial charge in [-0.1, -0.05) is 0 Å². The smallest absolute Gasteiger partial charge is 0.0223 e. The van der Waals surface area contributed by atoms with Crippen LogP contribution < -0.4 is 0 Å². The third kappa shape index (κ3) is 2.46. The molecule has 1 aliphatic rings. The highest BCUT2D eigenvalue weighted by atomic mass is 15.2. The largest absolute Gasteiger partial charge is 0.305 e. The topological polar surface area (TPSA) is 6.48 Å². The van der Waals surface area contributed by atoms with Gasteiger partial charge in [-0.3, -0.25) is 4.90 Å². The maximum Gasteiger partial charge on any atom is 0.0223 e. The number of nitrogens with zero attached hydrogens (tertiary/aromatic N) is 2. The molecule has 1 atom stereocenters. The minimum Gasteiger partial charge on any atom is -0.305 e. The monoisotopic (exact) mass is 170 g/mol. The number of likely N-dealkylation sites (tertiary alicyclic amines) is 1. The first-order chi connectivity index (χ1) is 5.61. The summed E-state index contributed by atoms with van der Waals surface area (Å²) in [6.07, 6.45) is 2.73. The minimum atomic E-state index is 0.682. The van der Waals surface area contributed by atoms with E-state index in [0.717, 1.165) is 6.04 Å². The predicted molar refractivity (Wildman–Crippen MR) is 53.4 cm³/mol. The molecular weight excluding hydrogens is 148 g/mol. The molecule has 12 heavy (non-hydrogen) atoms. The molecule has 0 bridgehead atoms.